The second-order valence-corrected chi connectivity index (χ2v) is 7.21. The highest BCUT2D eigenvalue weighted by atomic mass is 16.3. The molecule has 3 aromatic rings. The standard InChI is InChI=1S/C22H22O9/c23-14-5-10(6-15(24)20(14)29)1-3-12-9-13(19(28)22(31)18(12)27)4-2-11-7-16(25)21(30)17(26)8-11/h5-9,23-31H,1-4H2. The van der Waals surface area contributed by atoms with Gasteiger partial charge in [0.2, 0.25) is 5.75 Å². The second kappa shape index (κ2) is 8.31. The molecule has 0 aromatic heterocycles. The van der Waals surface area contributed by atoms with E-state index in [0.717, 1.165) is 0 Å². The Bertz CT molecular complexity index is 1010. The van der Waals surface area contributed by atoms with Crippen molar-refractivity contribution in [3.63, 3.8) is 0 Å². The lowest BCUT2D eigenvalue weighted by atomic mass is 9.96. The van der Waals surface area contributed by atoms with E-state index in [1.165, 1.54) is 30.3 Å². The van der Waals surface area contributed by atoms with E-state index in [-0.39, 0.29) is 25.7 Å². The normalized spacial score (nSPS) is 11.0. The van der Waals surface area contributed by atoms with Crippen LogP contribution in [0.1, 0.15) is 22.3 Å². The molecule has 0 radical (unpaired) electrons. The van der Waals surface area contributed by atoms with E-state index in [0.29, 0.717) is 22.3 Å². The maximum Gasteiger partial charge on any atom is 0.200 e. The number of benzene rings is 3. The van der Waals surface area contributed by atoms with Crippen molar-refractivity contribution >= 4 is 0 Å². The molecule has 0 aliphatic heterocycles. The van der Waals surface area contributed by atoms with Crippen LogP contribution < -0.4 is 0 Å². The minimum atomic E-state index is -0.694. The molecule has 9 heteroatoms. The van der Waals surface area contributed by atoms with Gasteiger partial charge in [0, 0.05) is 0 Å². The zero-order valence-corrected chi connectivity index (χ0v) is 16.2. The molecule has 9 nitrogen and oxygen atoms in total. The molecule has 0 aliphatic rings. The highest BCUT2D eigenvalue weighted by molar-refractivity contribution is 5.58. The highest BCUT2D eigenvalue weighted by Crippen LogP contribution is 2.42. The summed E-state index contributed by atoms with van der Waals surface area (Å²) in [6.45, 7) is 0. The van der Waals surface area contributed by atoms with Gasteiger partial charge in [-0.3, -0.25) is 0 Å². The van der Waals surface area contributed by atoms with Gasteiger partial charge in [-0.05, 0) is 78.3 Å². The molecule has 9 N–H and O–H groups in total. The fraction of sp³-hybridized carbons (Fsp3) is 0.182. The maximum atomic E-state index is 10.2. The molecule has 0 bridgehead atoms. The summed E-state index contributed by atoms with van der Waals surface area (Å²) in [6.07, 6.45) is 0.824. The van der Waals surface area contributed by atoms with E-state index in [4.69, 9.17) is 0 Å². The largest absolute Gasteiger partial charge is 0.504 e. The quantitative estimate of drug-likeness (QED) is 0.265. The third-order valence-electron chi connectivity index (χ3n) is 5.03. The van der Waals surface area contributed by atoms with Gasteiger partial charge in [-0.1, -0.05) is 0 Å². The predicted octanol–water partition coefficient (Wildman–Crippen LogP) is 2.61. The summed E-state index contributed by atoms with van der Waals surface area (Å²) >= 11 is 0. The Morgan fingerprint density at radius 1 is 0.355 bits per heavy atom. The smallest absolute Gasteiger partial charge is 0.200 e. The molecule has 0 amide bonds. The molecule has 0 aliphatic carbocycles. The first-order valence-electron chi connectivity index (χ1n) is 9.31. The summed E-state index contributed by atoms with van der Waals surface area (Å²) in [6, 6.07) is 6.53. The summed E-state index contributed by atoms with van der Waals surface area (Å²) in [4.78, 5) is 0. The molecule has 0 saturated carbocycles. The molecule has 0 saturated heterocycles. The zero-order valence-electron chi connectivity index (χ0n) is 16.2. The number of phenols is 9. The van der Waals surface area contributed by atoms with Crippen molar-refractivity contribution in [1.29, 1.82) is 0 Å². The number of hydrogen-bond donors (Lipinski definition) is 9. The summed E-state index contributed by atoms with van der Waals surface area (Å²) < 4.78 is 0. The van der Waals surface area contributed by atoms with Gasteiger partial charge >= 0.3 is 0 Å². The average Bonchev–Trinajstić information content (AvgIpc) is 2.72. The van der Waals surface area contributed by atoms with Crippen LogP contribution in [0, 0.1) is 0 Å². The Labute approximate surface area is 176 Å². The van der Waals surface area contributed by atoms with E-state index < -0.39 is 51.7 Å². The minimum absolute atomic E-state index is 0.178. The van der Waals surface area contributed by atoms with Gasteiger partial charge in [-0.2, -0.15) is 0 Å². The zero-order chi connectivity index (χ0) is 22.9. The van der Waals surface area contributed by atoms with Crippen molar-refractivity contribution in [1.82, 2.24) is 0 Å². The second-order valence-electron chi connectivity index (χ2n) is 7.21. The molecule has 0 heterocycles. The first-order chi connectivity index (χ1) is 14.6. The van der Waals surface area contributed by atoms with Crippen molar-refractivity contribution in [3.8, 4) is 51.7 Å². The Balaban J connectivity index is 1.81. The minimum Gasteiger partial charge on any atom is -0.504 e. The van der Waals surface area contributed by atoms with Crippen LogP contribution in [0.5, 0.6) is 51.7 Å². The summed E-state index contributed by atoms with van der Waals surface area (Å²) in [5.41, 5.74) is 1.54. The van der Waals surface area contributed by atoms with Crippen LogP contribution in [-0.2, 0) is 25.7 Å². The number of phenolic OH excluding ortho intramolecular Hbond substituents is 9. The van der Waals surface area contributed by atoms with Crippen LogP contribution in [0.3, 0.4) is 0 Å². The van der Waals surface area contributed by atoms with E-state index in [9.17, 15) is 46.0 Å². The number of aryl methyl sites for hydroxylation is 4. The van der Waals surface area contributed by atoms with Gasteiger partial charge in [0.05, 0.1) is 0 Å². The summed E-state index contributed by atoms with van der Waals surface area (Å²) in [7, 11) is 0. The Kier molecular flexibility index (Phi) is 5.78. The molecule has 164 valence electrons. The SMILES string of the molecule is Oc1cc(CCc2cc(CCc3cc(O)c(O)c(O)c3)c(O)c(O)c2O)cc(O)c1O. The summed E-state index contributed by atoms with van der Waals surface area (Å²) in [5, 5.41) is 87.7. The molecule has 0 unspecified atom stereocenters. The number of aromatic hydroxyl groups is 9. The van der Waals surface area contributed by atoms with Crippen LogP contribution in [0.25, 0.3) is 0 Å². The van der Waals surface area contributed by atoms with Gasteiger partial charge in [-0.15, -0.1) is 0 Å². The van der Waals surface area contributed by atoms with Crippen molar-refractivity contribution in [3.05, 3.63) is 52.6 Å². The molecule has 0 atom stereocenters. The lowest BCUT2D eigenvalue weighted by Gasteiger charge is -2.13. The van der Waals surface area contributed by atoms with Crippen LogP contribution in [0.4, 0.5) is 0 Å². The third kappa shape index (κ3) is 4.40. The van der Waals surface area contributed by atoms with E-state index in [2.05, 4.69) is 0 Å². The van der Waals surface area contributed by atoms with Gasteiger partial charge < -0.3 is 46.0 Å². The fourth-order valence-electron chi connectivity index (χ4n) is 3.31. The van der Waals surface area contributed by atoms with Crippen LogP contribution in [-0.4, -0.2) is 46.0 Å². The highest BCUT2D eigenvalue weighted by Gasteiger charge is 2.18. The Hall–Kier alpha value is -4.14. The lowest BCUT2D eigenvalue weighted by Crippen LogP contribution is -1.98. The van der Waals surface area contributed by atoms with Gasteiger partial charge in [-0.25, -0.2) is 0 Å². The Morgan fingerprint density at radius 2 is 0.677 bits per heavy atom. The topological polar surface area (TPSA) is 182 Å². The van der Waals surface area contributed by atoms with Crippen molar-refractivity contribution in [2.45, 2.75) is 25.7 Å². The van der Waals surface area contributed by atoms with Crippen molar-refractivity contribution in [2.75, 3.05) is 0 Å². The maximum absolute atomic E-state index is 10.2. The van der Waals surface area contributed by atoms with Gasteiger partial charge in [0.1, 0.15) is 0 Å². The first kappa shape index (κ1) is 21.6. The fourth-order valence-corrected chi connectivity index (χ4v) is 3.31. The van der Waals surface area contributed by atoms with Crippen LogP contribution >= 0.6 is 0 Å². The molecule has 0 fully saturated rings. The third-order valence-corrected chi connectivity index (χ3v) is 5.03. The first-order valence-corrected chi connectivity index (χ1v) is 9.31. The van der Waals surface area contributed by atoms with E-state index >= 15 is 0 Å². The lowest BCUT2D eigenvalue weighted by molar-refractivity contribution is 0.361. The van der Waals surface area contributed by atoms with Gasteiger partial charge in [0.25, 0.3) is 0 Å². The van der Waals surface area contributed by atoms with Crippen LogP contribution in [0.15, 0.2) is 30.3 Å². The predicted molar refractivity (Wildman–Crippen MR) is 109 cm³/mol. The Morgan fingerprint density at radius 3 is 1.00 bits per heavy atom. The molecule has 31 heavy (non-hydrogen) atoms. The molecule has 3 rings (SSSR count). The summed E-state index contributed by atoms with van der Waals surface area (Å²) in [5.74, 6) is -4.95. The van der Waals surface area contributed by atoms with E-state index in [1.807, 2.05) is 0 Å². The van der Waals surface area contributed by atoms with Gasteiger partial charge in [0.15, 0.2) is 46.0 Å². The molecular weight excluding hydrogens is 408 g/mol. The van der Waals surface area contributed by atoms with E-state index in [1.54, 1.807) is 0 Å². The monoisotopic (exact) mass is 430 g/mol. The van der Waals surface area contributed by atoms with Crippen molar-refractivity contribution in [2.24, 2.45) is 0 Å². The number of hydrogen-bond acceptors (Lipinski definition) is 9. The van der Waals surface area contributed by atoms with Crippen LogP contribution in [0.2, 0.25) is 0 Å². The van der Waals surface area contributed by atoms with Crippen molar-refractivity contribution < 1.29 is 46.0 Å². The molecule has 3 aromatic carbocycles. The molecular formula is C22H22O9. The number of rotatable bonds is 6. The molecule has 0 spiro atoms. The average molecular weight is 430 g/mol.